The van der Waals surface area contributed by atoms with Crippen LogP contribution in [0.4, 0.5) is 11.4 Å². The number of piperidine rings is 1. The largest absolute Gasteiger partial charge is 0.371 e. The number of carbonyl (C=O) groups is 2. The fourth-order valence-electron chi connectivity index (χ4n) is 3.85. The first-order valence-electron chi connectivity index (χ1n) is 10.2. The maximum absolute atomic E-state index is 13.2. The van der Waals surface area contributed by atoms with E-state index in [0.717, 1.165) is 68.8 Å². The standard InChI is InChI=1S/C21H31N3O2/c1-2-3-9-20(25)22-17-10-11-19(23-12-7-8-13-23)18(16-17)21(26)24-14-5-4-6-15-24/h10-11,16H,2-9,12-15H2,1H3,(H,22,25). The molecule has 0 atom stereocenters. The Morgan fingerprint density at radius 3 is 2.38 bits per heavy atom. The molecule has 2 heterocycles. The summed E-state index contributed by atoms with van der Waals surface area (Å²) in [6, 6.07) is 5.83. The third kappa shape index (κ3) is 4.57. The molecule has 0 radical (unpaired) electrons. The van der Waals surface area contributed by atoms with E-state index in [1.807, 2.05) is 23.1 Å². The Morgan fingerprint density at radius 1 is 1.00 bits per heavy atom. The van der Waals surface area contributed by atoms with E-state index in [9.17, 15) is 9.59 Å². The van der Waals surface area contributed by atoms with Gasteiger partial charge in [0.2, 0.25) is 5.91 Å². The Hall–Kier alpha value is -2.04. The number of hydrogen-bond acceptors (Lipinski definition) is 3. The Labute approximate surface area is 156 Å². The van der Waals surface area contributed by atoms with E-state index >= 15 is 0 Å². The highest BCUT2D eigenvalue weighted by molar-refractivity contribution is 6.02. The molecule has 0 unspecified atom stereocenters. The van der Waals surface area contributed by atoms with E-state index in [-0.39, 0.29) is 11.8 Å². The van der Waals surface area contributed by atoms with Crippen molar-refractivity contribution >= 4 is 23.2 Å². The van der Waals surface area contributed by atoms with Gasteiger partial charge in [-0.1, -0.05) is 13.3 Å². The van der Waals surface area contributed by atoms with Gasteiger partial charge in [-0.3, -0.25) is 9.59 Å². The van der Waals surface area contributed by atoms with E-state index in [2.05, 4.69) is 17.1 Å². The zero-order chi connectivity index (χ0) is 18.4. The van der Waals surface area contributed by atoms with Gasteiger partial charge in [0.05, 0.1) is 5.56 Å². The van der Waals surface area contributed by atoms with Crippen molar-refractivity contribution in [3.05, 3.63) is 23.8 Å². The number of nitrogens with zero attached hydrogens (tertiary/aromatic N) is 2. The molecule has 5 nitrogen and oxygen atoms in total. The summed E-state index contributed by atoms with van der Waals surface area (Å²) in [5.74, 6) is 0.133. The summed E-state index contributed by atoms with van der Waals surface area (Å²) < 4.78 is 0. The molecule has 1 N–H and O–H groups in total. The molecule has 0 spiro atoms. The molecule has 142 valence electrons. The Morgan fingerprint density at radius 2 is 1.69 bits per heavy atom. The van der Waals surface area contributed by atoms with Gasteiger partial charge >= 0.3 is 0 Å². The Bertz CT molecular complexity index is 632. The van der Waals surface area contributed by atoms with Crippen LogP contribution in [0.15, 0.2) is 18.2 Å². The first-order chi connectivity index (χ1) is 12.7. The van der Waals surface area contributed by atoms with Crippen molar-refractivity contribution in [2.75, 3.05) is 36.4 Å². The third-order valence-corrected chi connectivity index (χ3v) is 5.36. The van der Waals surface area contributed by atoms with Crippen molar-refractivity contribution in [2.24, 2.45) is 0 Å². The number of rotatable bonds is 6. The highest BCUT2D eigenvalue weighted by atomic mass is 16.2. The van der Waals surface area contributed by atoms with Crippen molar-refractivity contribution in [1.29, 1.82) is 0 Å². The minimum Gasteiger partial charge on any atom is -0.371 e. The van der Waals surface area contributed by atoms with Crippen LogP contribution in [0.3, 0.4) is 0 Å². The minimum atomic E-state index is 0.0251. The van der Waals surface area contributed by atoms with Gasteiger partial charge in [-0.05, 0) is 56.7 Å². The average molecular weight is 357 g/mol. The molecular formula is C21H31N3O2. The number of carbonyl (C=O) groups excluding carboxylic acids is 2. The molecule has 2 amide bonds. The molecule has 0 aromatic heterocycles. The molecule has 1 aromatic rings. The SMILES string of the molecule is CCCCC(=O)Nc1ccc(N2CCCC2)c(C(=O)N2CCCCC2)c1. The number of amides is 2. The van der Waals surface area contributed by atoms with Crippen LogP contribution in [0, 0.1) is 0 Å². The lowest BCUT2D eigenvalue weighted by Crippen LogP contribution is -2.36. The molecule has 2 fully saturated rings. The van der Waals surface area contributed by atoms with Gasteiger partial charge in [0.25, 0.3) is 5.91 Å². The quantitative estimate of drug-likeness (QED) is 0.836. The van der Waals surface area contributed by atoms with Gasteiger partial charge < -0.3 is 15.1 Å². The van der Waals surface area contributed by atoms with Crippen molar-refractivity contribution in [3.63, 3.8) is 0 Å². The van der Waals surface area contributed by atoms with Crippen LogP contribution in [0.5, 0.6) is 0 Å². The number of likely N-dealkylation sites (tertiary alicyclic amines) is 1. The van der Waals surface area contributed by atoms with E-state index < -0.39 is 0 Å². The molecule has 2 saturated heterocycles. The molecule has 26 heavy (non-hydrogen) atoms. The normalized spacial score (nSPS) is 17.4. The molecule has 2 aliphatic heterocycles. The first kappa shape index (κ1) is 18.7. The lowest BCUT2D eigenvalue weighted by Gasteiger charge is -2.29. The summed E-state index contributed by atoms with van der Waals surface area (Å²) in [4.78, 5) is 29.5. The summed E-state index contributed by atoms with van der Waals surface area (Å²) >= 11 is 0. The summed E-state index contributed by atoms with van der Waals surface area (Å²) in [6.07, 6.45) is 8.13. The Balaban J connectivity index is 1.82. The van der Waals surface area contributed by atoms with Gasteiger partial charge in [-0.2, -0.15) is 0 Å². The minimum absolute atomic E-state index is 0.0251. The molecule has 0 aliphatic carbocycles. The first-order valence-corrected chi connectivity index (χ1v) is 10.2. The van der Waals surface area contributed by atoms with E-state index in [0.29, 0.717) is 6.42 Å². The maximum atomic E-state index is 13.2. The molecule has 3 rings (SSSR count). The van der Waals surface area contributed by atoms with Gasteiger partial charge in [0.1, 0.15) is 0 Å². The molecular weight excluding hydrogens is 326 g/mol. The maximum Gasteiger partial charge on any atom is 0.256 e. The highest BCUT2D eigenvalue weighted by Crippen LogP contribution is 2.29. The summed E-state index contributed by atoms with van der Waals surface area (Å²) in [6.45, 7) is 5.76. The lowest BCUT2D eigenvalue weighted by atomic mass is 10.1. The van der Waals surface area contributed by atoms with Crippen LogP contribution in [-0.4, -0.2) is 42.9 Å². The molecule has 1 aromatic carbocycles. The number of unbranched alkanes of at least 4 members (excludes halogenated alkanes) is 1. The van der Waals surface area contributed by atoms with Crippen LogP contribution in [0.25, 0.3) is 0 Å². The predicted molar refractivity (Wildman–Crippen MR) is 106 cm³/mol. The van der Waals surface area contributed by atoms with Gasteiger partial charge in [0.15, 0.2) is 0 Å². The average Bonchev–Trinajstić information content (AvgIpc) is 3.21. The smallest absolute Gasteiger partial charge is 0.256 e. The fraction of sp³-hybridized carbons (Fsp3) is 0.619. The number of benzene rings is 1. The number of hydrogen-bond donors (Lipinski definition) is 1. The second-order valence-corrected chi connectivity index (χ2v) is 7.43. The number of nitrogens with one attached hydrogen (secondary N) is 1. The molecule has 5 heteroatoms. The van der Waals surface area contributed by atoms with Crippen LogP contribution >= 0.6 is 0 Å². The lowest BCUT2D eigenvalue weighted by molar-refractivity contribution is -0.116. The molecule has 2 aliphatic rings. The van der Waals surface area contributed by atoms with Gasteiger partial charge in [-0.15, -0.1) is 0 Å². The van der Waals surface area contributed by atoms with Crippen molar-refractivity contribution in [1.82, 2.24) is 4.90 Å². The Kier molecular flexibility index (Phi) is 6.53. The predicted octanol–water partition coefficient (Wildman–Crippen LogP) is 4.04. The van der Waals surface area contributed by atoms with Gasteiger partial charge in [0, 0.05) is 44.0 Å². The van der Waals surface area contributed by atoms with Gasteiger partial charge in [-0.25, -0.2) is 0 Å². The van der Waals surface area contributed by atoms with E-state index in [1.165, 1.54) is 19.3 Å². The zero-order valence-electron chi connectivity index (χ0n) is 15.9. The van der Waals surface area contributed by atoms with Crippen LogP contribution in [0.2, 0.25) is 0 Å². The van der Waals surface area contributed by atoms with E-state index in [1.54, 1.807) is 0 Å². The molecule has 0 bridgehead atoms. The van der Waals surface area contributed by atoms with Crippen LogP contribution in [-0.2, 0) is 4.79 Å². The monoisotopic (exact) mass is 357 g/mol. The second-order valence-electron chi connectivity index (χ2n) is 7.43. The van der Waals surface area contributed by atoms with Crippen molar-refractivity contribution < 1.29 is 9.59 Å². The van der Waals surface area contributed by atoms with Crippen molar-refractivity contribution in [3.8, 4) is 0 Å². The van der Waals surface area contributed by atoms with Crippen molar-refractivity contribution in [2.45, 2.75) is 58.3 Å². The zero-order valence-corrected chi connectivity index (χ0v) is 15.9. The fourth-order valence-corrected chi connectivity index (χ4v) is 3.85. The summed E-state index contributed by atoms with van der Waals surface area (Å²) in [7, 11) is 0. The third-order valence-electron chi connectivity index (χ3n) is 5.36. The topological polar surface area (TPSA) is 52.7 Å². The summed E-state index contributed by atoms with van der Waals surface area (Å²) in [5, 5.41) is 2.96. The van der Waals surface area contributed by atoms with Crippen LogP contribution in [0.1, 0.15) is 68.6 Å². The molecule has 0 saturated carbocycles. The highest BCUT2D eigenvalue weighted by Gasteiger charge is 2.25. The van der Waals surface area contributed by atoms with E-state index in [4.69, 9.17) is 0 Å². The van der Waals surface area contributed by atoms with Crippen LogP contribution < -0.4 is 10.2 Å². The number of anilines is 2. The summed E-state index contributed by atoms with van der Waals surface area (Å²) in [5.41, 5.74) is 2.49. The second kappa shape index (κ2) is 9.06.